The van der Waals surface area contributed by atoms with E-state index < -0.39 is 17.5 Å². The van der Waals surface area contributed by atoms with E-state index in [0.29, 0.717) is 5.92 Å². The van der Waals surface area contributed by atoms with Crippen LogP contribution in [-0.2, 0) is 6.42 Å². The van der Waals surface area contributed by atoms with Crippen LogP contribution in [0.5, 0.6) is 0 Å². The molecule has 0 saturated heterocycles. The lowest BCUT2D eigenvalue weighted by molar-refractivity contribution is 0.0994. The summed E-state index contributed by atoms with van der Waals surface area (Å²) in [4.78, 5) is 21.9. The molecule has 2 heterocycles. The van der Waals surface area contributed by atoms with Crippen molar-refractivity contribution in [2.75, 3.05) is 0 Å². The van der Waals surface area contributed by atoms with Crippen LogP contribution in [0.25, 0.3) is 22.0 Å². The molecule has 2 aromatic carbocycles. The number of rotatable bonds is 5. The minimum absolute atomic E-state index is 0.0273. The standard InChI is InChI=1S/C29H26F3N3O/c1-16-9-17(11-20(33)10-16)21-7-8-34-14-18(21)13-27(36)22-5-6-24(30)23-12-19(15-35-29(22)23)28-25(31)3-2-4-26(28)32/h2-8,12,14-17,20H,9-11,13,33H2,1H3/t16-,17+,20-/m0/s1. The van der Waals surface area contributed by atoms with Crippen molar-refractivity contribution in [3.63, 3.8) is 0 Å². The van der Waals surface area contributed by atoms with Gasteiger partial charge in [-0.1, -0.05) is 13.0 Å². The van der Waals surface area contributed by atoms with Gasteiger partial charge in [-0.25, -0.2) is 13.2 Å². The van der Waals surface area contributed by atoms with Crippen LogP contribution in [0.1, 0.15) is 53.6 Å². The Balaban J connectivity index is 1.50. The summed E-state index contributed by atoms with van der Waals surface area (Å²) in [6.07, 6.45) is 7.61. The van der Waals surface area contributed by atoms with Crippen molar-refractivity contribution in [2.24, 2.45) is 11.7 Å². The third-order valence-electron chi connectivity index (χ3n) is 7.06. The summed E-state index contributed by atoms with van der Waals surface area (Å²) in [5.74, 6) is -1.67. The molecular weight excluding hydrogens is 463 g/mol. The van der Waals surface area contributed by atoms with Gasteiger partial charge in [0.15, 0.2) is 5.78 Å². The number of carbonyl (C=O) groups excluding carboxylic acids is 1. The number of fused-ring (bicyclic) bond motifs is 1. The van der Waals surface area contributed by atoms with Crippen molar-refractivity contribution in [3.8, 4) is 11.1 Å². The zero-order chi connectivity index (χ0) is 25.4. The van der Waals surface area contributed by atoms with E-state index in [1.165, 1.54) is 30.5 Å². The predicted molar refractivity (Wildman–Crippen MR) is 133 cm³/mol. The maximum atomic E-state index is 14.8. The summed E-state index contributed by atoms with van der Waals surface area (Å²) in [6, 6.07) is 9.51. The Bertz CT molecular complexity index is 1430. The van der Waals surface area contributed by atoms with Crippen molar-refractivity contribution >= 4 is 16.7 Å². The fourth-order valence-electron chi connectivity index (χ4n) is 5.48. The van der Waals surface area contributed by atoms with E-state index in [9.17, 15) is 18.0 Å². The van der Waals surface area contributed by atoms with Gasteiger partial charge in [-0.15, -0.1) is 0 Å². The lowest BCUT2D eigenvalue weighted by atomic mass is 9.75. The largest absolute Gasteiger partial charge is 0.328 e. The van der Waals surface area contributed by atoms with Crippen molar-refractivity contribution in [1.29, 1.82) is 0 Å². The second-order valence-electron chi connectivity index (χ2n) is 9.76. The number of Topliss-reactive ketones (excluding diaryl/α,β-unsaturated/α-hetero) is 1. The van der Waals surface area contributed by atoms with Crippen LogP contribution >= 0.6 is 0 Å². The Morgan fingerprint density at radius 3 is 2.53 bits per heavy atom. The number of hydrogen-bond donors (Lipinski definition) is 1. The highest BCUT2D eigenvalue weighted by Gasteiger charge is 2.28. The van der Waals surface area contributed by atoms with Crippen LogP contribution in [0.2, 0.25) is 0 Å². The van der Waals surface area contributed by atoms with E-state index in [2.05, 4.69) is 16.9 Å². The number of carbonyl (C=O) groups is 1. The Hall–Kier alpha value is -3.58. The van der Waals surface area contributed by atoms with Gasteiger partial charge in [0.1, 0.15) is 17.5 Å². The van der Waals surface area contributed by atoms with Crippen molar-refractivity contribution in [2.45, 2.75) is 44.6 Å². The van der Waals surface area contributed by atoms with Gasteiger partial charge in [0, 0.05) is 47.6 Å². The molecule has 0 aliphatic heterocycles. The molecule has 7 heteroatoms. The number of aromatic nitrogens is 2. The molecule has 1 aliphatic carbocycles. The molecule has 1 aliphatic rings. The number of hydrogen-bond acceptors (Lipinski definition) is 4. The molecule has 3 atom stereocenters. The average Bonchev–Trinajstić information content (AvgIpc) is 2.84. The molecule has 184 valence electrons. The SMILES string of the molecule is C[C@@H]1C[C@H](N)C[C@H](c2ccncc2CC(=O)c2ccc(F)c3cc(-c4c(F)cccc4F)cnc23)C1. The normalized spacial score (nSPS) is 20.0. The third kappa shape index (κ3) is 4.63. The number of nitrogens with zero attached hydrogens (tertiary/aromatic N) is 2. The molecule has 5 rings (SSSR count). The molecular formula is C29H26F3N3O. The van der Waals surface area contributed by atoms with Gasteiger partial charge in [-0.05, 0) is 78.6 Å². The van der Waals surface area contributed by atoms with Crippen LogP contribution in [0, 0.1) is 23.4 Å². The first-order valence-corrected chi connectivity index (χ1v) is 12.1. The number of benzene rings is 2. The zero-order valence-corrected chi connectivity index (χ0v) is 19.8. The summed E-state index contributed by atoms with van der Waals surface area (Å²) < 4.78 is 43.4. The highest BCUT2D eigenvalue weighted by Crippen LogP contribution is 2.37. The average molecular weight is 490 g/mol. The topological polar surface area (TPSA) is 68.9 Å². The molecule has 4 nitrogen and oxygen atoms in total. The Kier molecular flexibility index (Phi) is 6.58. The minimum Gasteiger partial charge on any atom is -0.328 e. The first kappa shape index (κ1) is 24.1. The fourth-order valence-corrected chi connectivity index (χ4v) is 5.48. The Morgan fingerprint density at radius 2 is 1.78 bits per heavy atom. The van der Waals surface area contributed by atoms with E-state index in [1.807, 2.05) is 6.07 Å². The quantitative estimate of drug-likeness (QED) is 0.331. The lowest BCUT2D eigenvalue weighted by Gasteiger charge is -2.32. The van der Waals surface area contributed by atoms with Gasteiger partial charge in [-0.3, -0.25) is 14.8 Å². The first-order chi connectivity index (χ1) is 17.3. The second kappa shape index (κ2) is 9.82. The number of halogens is 3. The molecule has 2 N–H and O–H groups in total. The lowest BCUT2D eigenvalue weighted by Crippen LogP contribution is -2.31. The van der Waals surface area contributed by atoms with Crippen LogP contribution in [0.4, 0.5) is 13.2 Å². The second-order valence-corrected chi connectivity index (χ2v) is 9.76. The number of pyridine rings is 2. The van der Waals surface area contributed by atoms with Crippen molar-refractivity contribution in [1.82, 2.24) is 9.97 Å². The number of nitrogens with two attached hydrogens (primary N) is 1. The van der Waals surface area contributed by atoms with Crippen molar-refractivity contribution in [3.05, 3.63) is 95.2 Å². The summed E-state index contributed by atoms with van der Waals surface area (Å²) in [6.45, 7) is 2.19. The molecule has 0 spiro atoms. The van der Waals surface area contributed by atoms with E-state index in [0.717, 1.165) is 42.5 Å². The molecule has 0 bridgehead atoms. The van der Waals surface area contributed by atoms with Crippen LogP contribution < -0.4 is 5.73 Å². The van der Waals surface area contributed by atoms with E-state index in [4.69, 9.17) is 5.73 Å². The molecule has 1 saturated carbocycles. The summed E-state index contributed by atoms with van der Waals surface area (Å²) >= 11 is 0. The van der Waals surface area contributed by atoms with E-state index >= 15 is 0 Å². The molecule has 0 radical (unpaired) electrons. The third-order valence-corrected chi connectivity index (χ3v) is 7.06. The minimum atomic E-state index is -0.773. The molecule has 0 amide bonds. The van der Waals surface area contributed by atoms with E-state index in [-0.39, 0.29) is 51.8 Å². The first-order valence-electron chi connectivity index (χ1n) is 12.1. The van der Waals surface area contributed by atoms with Gasteiger partial charge in [0.05, 0.1) is 11.1 Å². The van der Waals surface area contributed by atoms with Crippen LogP contribution in [-0.4, -0.2) is 21.8 Å². The molecule has 36 heavy (non-hydrogen) atoms. The van der Waals surface area contributed by atoms with Gasteiger partial charge in [0.25, 0.3) is 0 Å². The number of ketones is 1. The zero-order valence-electron chi connectivity index (χ0n) is 19.8. The van der Waals surface area contributed by atoms with Crippen molar-refractivity contribution < 1.29 is 18.0 Å². The molecule has 0 unspecified atom stereocenters. The van der Waals surface area contributed by atoms with Crippen LogP contribution in [0.3, 0.4) is 0 Å². The maximum Gasteiger partial charge on any atom is 0.169 e. The van der Waals surface area contributed by atoms with Gasteiger partial charge < -0.3 is 5.73 Å². The molecule has 4 aromatic rings. The Morgan fingerprint density at radius 1 is 1.00 bits per heavy atom. The van der Waals surface area contributed by atoms with E-state index in [1.54, 1.807) is 12.4 Å². The fraction of sp³-hybridized carbons (Fsp3) is 0.276. The summed E-state index contributed by atoms with van der Waals surface area (Å²) in [5, 5.41) is 0.0273. The monoisotopic (exact) mass is 489 g/mol. The highest BCUT2D eigenvalue weighted by atomic mass is 19.1. The highest BCUT2D eigenvalue weighted by molar-refractivity contribution is 6.08. The van der Waals surface area contributed by atoms with Gasteiger partial charge >= 0.3 is 0 Å². The Labute approximate surface area is 207 Å². The van der Waals surface area contributed by atoms with Crippen LogP contribution in [0.15, 0.2) is 61.1 Å². The predicted octanol–water partition coefficient (Wildman–Crippen LogP) is 6.37. The maximum absolute atomic E-state index is 14.8. The summed E-state index contributed by atoms with van der Waals surface area (Å²) in [5.41, 5.74) is 8.36. The molecule has 2 aromatic heterocycles. The molecule has 1 fully saturated rings. The smallest absolute Gasteiger partial charge is 0.169 e. The summed E-state index contributed by atoms with van der Waals surface area (Å²) in [7, 11) is 0. The van der Waals surface area contributed by atoms with Gasteiger partial charge in [0.2, 0.25) is 0 Å². The van der Waals surface area contributed by atoms with Gasteiger partial charge in [-0.2, -0.15) is 0 Å².